The fraction of sp³-hybridized carbons (Fsp3) is 0.429. The van der Waals surface area contributed by atoms with Gasteiger partial charge in [-0.3, -0.25) is 18.9 Å². The minimum Gasteiger partial charge on any atom is -0.386 e. The number of phosphoric acid groups is 3. The second-order valence-corrected chi connectivity index (χ2v) is 11.6. The van der Waals surface area contributed by atoms with Gasteiger partial charge in [0.2, 0.25) is 11.6 Å². The number of rotatable bonds is 8. The molecular weight excluding hydrogens is 563 g/mol. The van der Waals surface area contributed by atoms with Gasteiger partial charge in [0.25, 0.3) is 5.56 Å². The minimum absolute atomic E-state index is 0.492. The van der Waals surface area contributed by atoms with Gasteiger partial charge in [-0.05, 0) is 6.92 Å². The van der Waals surface area contributed by atoms with Crippen LogP contribution in [-0.2, 0) is 31.6 Å². The summed E-state index contributed by atoms with van der Waals surface area (Å²) in [6.45, 7) is 0.890. The normalized spacial score (nSPS) is 28.9. The predicted octanol–water partition coefficient (Wildman–Crippen LogP) is -0.223. The molecule has 36 heavy (non-hydrogen) atoms. The van der Waals surface area contributed by atoms with Crippen molar-refractivity contribution in [2.24, 2.45) is 0 Å². The van der Waals surface area contributed by atoms with Crippen LogP contribution >= 0.6 is 23.5 Å². The number of nitrogen functional groups attached to an aromatic ring is 1. The SMILES string of the molecule is C#C[C@@]1(F)C(O)C([C@@H](C)OP(=O)(O)OP(=O)(O)OP(=O)(O)O)O[C@H]1n1cc(F)c2c(=O)[nH]c(N)nc21. The molecule has 2 aromatic heterocycles. The fourth-order valence-corrected chi connectivity index (χ4v) is 6.58. The van der Waals surface area contributed by atoms with E-state index in [0.29, 0.717) is 10.8 Å². The number of nitrogens with two attached hydrogens (primary N) is 1. The number of H-pyrrole nitrogens is 1. The number of aliphatic hydroxyl groups excluding tert-OH is 1. The zero-order valence-electron chi connectivity index (χ0n) is 17.5. The largest absolute Gasteiger partial charge is 0.490 e. The average molecular weight is 580 g/mol. The van der Waals surface area contributed by atoms with Gasteiger partial charge in [-0.25, -0.2) is 22.5 Å². The first-order chi connectivity index (χ1) is 16.3. The number of phosphoric ester groups is 1. The van der Waals surface area contributed by atoms with Crippen LogP contribution < -0.4 is 11.3 Å². The van der Waals surface area contributed by atoms with E-state index in [1.807, 2.05) is 4.98 Å². The number of hydrogen-bond acceptors (Lipinski definition) is 11. The summed E-state index contributed by atoms with van der Waals surface area (Å²) in [5.41, 5.74) is 0.672. The molecule has 3 heterocycles. The van der Waals surface area contributed by atoms with Crippen molar-refractivity contribution in [1.82, 2.24) is 14.5 Å². The van der Waals surface area contributed by atoms with Gasteiger partial charge in [0.1, 0.15) is 17.6 Å². The molecule has 7 atom stereocenters. The van der Waals surface area contributed by atoms with Crippen molar-refractivity contribution < 1.29 is 65.0 Å². The van der Waals surface area contributed by atoms with Crippen LogP contribution in [0.4, 0.5) is 14.7 Å². The molecule has 1 aliphatic heterocycles. The number of nitrogens with zero attached hydrogens (tertiary/aromatic N) is 2. The number of anilines is 1. The number of hydrogen-bond donors (Lipinski definition) is 7. The lowest BCUT2D eigenvalue weighted by Crippen LogP contribution is -2.44. The highest BCUT2D eigenvalue weighted by atomic mass is 31.3. The standard InChI is InChI=1S/C14H17F2N4O13P3/c1-3-14(16)9(21)8(5(2)31-35(26,27)33-36(28,29)32-34(23,24)25)30-12(14)20-4-6(15)7-10(20)18-13(17)19-11(7)22/h1,4-5,8-9,12,21H,2H3,(H,26,27)(H,28,29)(H2,23,24,25)(H3,17,18,19,22)/t5-,8?,9?,12-,14-/m1/s1. The molecule has 0 amide bonds. The number of terminal acetylenes is 1. The van der Waals surface area contributed by atoms with E-state index in [2.05, 4.69) is 18.1 Å². The van der Waals surface area contributed by atoms with Gasteiger partial charge in [0.15, 0.2) is 17.7 Å². The van der Waals surface area contributed by atoms with E-state index in [-0.39, 0.29) is 0 Å². The lowest BCUT2D eigenvalue weighted by Gasteiger charge is -2.25. The maximum Gasteiger partial charge on any atom is 0.490 e. The monoisotopic (exact) mass is 580 g/mol. The van der Waals surface area contributed by atoms with Crippen LogP contribution in [0.3, 0.4) is 0 Å². The first-order valence-corrected chi connectivity index (χ1v) is 13.7. The summed E-state index contributed by atoms with van der Waals surface area (Å²) in [6, 6.07) is 0. The number of aliphatic hydroxyl groups is 1. The molecular formula is C14H17F2N4O13P3. The number of halogens is 2. The summed E-state index contributed by atoms with van der Waals surface area (Å²) in [7, 11) is -17.2. The second kappa shape index (κ2) is 9.37. The van der Waals surface area contributed by atoms with Crippen molar-refractivity contribution in [3.8, 4) is 12.3 Å². The number of aromatic amines is 1. The Labute approximate surface area is 198 Å². The molecule has 2 aromatic rings. The van der Waals surface area contributed by atoms with Gasteiger partial charge in [-0.15, -0.1) is 6.42 Å². The zero-order chi connectivity index (χ0) is 27.4. The predicted molar refractivity (Wildman–Crippen MR) is 112 cm³/mol. The van der Waals surface area contributed by atoms with E-state index in [9.17, 15) is 37.8 Å². The van der Waals surface area contributed by atoms with Crippen molar-refractivity contribution in [2.45, 2.75) is 37.1 Å². The molecule has 1 fully saturated rings. The van der Waals surface area contributed by atoms with Crippen LogP contribution in [0, 0.1) is 18.2 Å². The van der Waals surface area contributed by atoms with E-state index in [1.54, 1.807) is 5.92 Å². The molecule has 0 aliphatic carbocycles. The van der Waals surface area contributed by atoms with E-state index in [0.717, 1.165) is 6.92 Å². The average Bonchev–Trinajstić information content (AvgIpc) is 3.13. The molecule has 0 saturated carbocycles. The highest BCUT2D eigenvalue weighted by molar-refractivity contribution is 7.66. The van der Waals surface area contributed by atoms with Crippen molar-refractivity contribution >= 4 is 40.4 Å². The quantitative estimate of drug-likeness (QED) is 0.157. The van der Waals surface area contributed by atoms with Crippen molar-refractivity contribution in [3.63, 3.8) is 0 Å². The summed E-state index contributed by atoms with van der Waals surface area (Å²) >= 11 is 0. The summed E-state index contributed by atoms with van der Waals surface area (Å²) < 4.78 is 82.0. The maximum absolute atomic E-state index is 15.7. The van der Waals surface area contributed by atoms with E-state index < -0.39 is 82.0 Å². The lowest BCUT2D eigenvalue weighted by atomic mass is 9.95. The molecule has 17 nitrogen and oxygen atoms in total. The molecule has 200 valence electrons. The van der Waals surface area contributed by atoms with Gasteiger partial charge in [0.05, 0.1) is 6.10 Å². The Morgan fingerprint density at radius 2 is 1.92 bits per heavy atom. The Hall–Kier alpha value is -2.03. The minimum atomic E-state index is -5.87. The van der Waals surface area contributed by atoms with E-state index in [4.69, 9.17) is 26.7 Å². The first kappa shape index (κ1) is 28.5. The molecule has 3 rings (SSSR count). The maximum atomic E-state index is 15.7. The third-order valence-electron chi connectivity index (χ3n) is 4.69. The number of alkyl halides is 1. The first-order valence-electron chi connectivity index (χ1n) is 9.18. The number of fused-ring (bicyclic) bond motifs is 1. The smallest absolute Gasteiger partial charge is 0.386 e. The molecule has 1 saturated heterocycles. The van der Waals surface area contributed by atoms with E-state index >= 15 is 4.39 Å². The van der Waals surface area contributed by atoms with Gasteiger partial charge in [-0.1, -0.05) is 5.92 Å². The number of aromatic nitrogens is 3. The van der Waals surface area contributed by atoms with Gasteiger partial charge in [0, 0.05) is 6.20 Å². The third kappa shape index (κ3) is 5.60. The summed E-state index contributed by atoms with van der Waals surface area (Å²) in [5, 5.41) is 9.83. The highest BCUT2D eigenvalue weighted by Crippen LogP contribution is 2.66. The van der Waals surface area contributed by atoms with Crippen LogP contribution in [0.15, 0.2) is 11.0 Å². The fourth-order valence-electron chi connectivity index (χ4n) is 3.38. The summed E-state index contributed by atoms with van der Waals surface area (Å²) in [5.74, 6) is -0.0719. The van der Waals surface area contributed by atoms with Crippen molar-refractivity contribution in [1.29, 1.82) is 0 Å². The van der Waals surface area contributed by atoms with Crippen molar-refractivity contribution in [2.75, 3.05) is 5.73 Å². The topological polar surface area (TPSA) is 266 Å². The Balaban J connectivity index is 1.93. The zero-order valence-corrected chi connectivity index (χ0v) is 20.2. The Morgan fingerprint density at radius 3 is 2.47 bits per heavy atom. The molecule has 4 unspecified atom stereocenters. The van der Waals surface area contributed by atoms with Gasteiger partial charge in [-0.2, -0.15) is 13.6 Å². The molecule has 0 bridgehead atoms. The molecule has 0 spiro atoms. The number of ether oxygens (including phenoxy) is 1. The van der Waals surface area contributed by atoms with Gasteiger partial charge >= 0.3 is 23.5 Å². The van der Waals surface area contributed by atoms with Crippen molar-refractivity contribution in [3.05, 3.63) is 22.4 Å². The molecule has 1 aliphatic rings. The van der Waals surface area contributed by atoms with Crippen LogP contribution in [0.5, 0.6) is 0 Å². The summed E-state index contributed by atoms with van der Waals surface area (Å²) in [4.78, 5) is 53.8. The Bertz CT molecular complexity index is 1440. The molecule has 0 aromatic carbocycles. The van der Waals surface area contributed by atoms with Crippen LogP contribution in [0.25, 0.3) is 11.0 Å². The Morgan fingerprint density at radius 1 is 1.31 bits per heavy atom. The molecule has 22 heteroatoms. The van der Waals surface area contributed by atoms with Crippen LogP contribution in [0.1, 0.15) is 13.2 Å². The van der Waals surface area contributed by atoms with E-state index in [1.165, 1.54) is 0 Å². The highest BCUT2D eigenvalue weighted by Gasteiger charge is 2.60. The molecule has 8 N–H and O–H groups in total. The van der Waals surface area contributed by atoms with Crippen LogP contribution in [-0.4, -0.2) is 63.2 Å². The molecule has 0 radical (unpaired) electrons. The third-order valence-corrected chi connectivity index (χ3v) is 8.62. The Kier molecular flexibility index (Phi) is 7.43. The van der Waals surface area contributed by atoms with Gasteiger partial charge < -0.3 is 35.2 Å². The number of nitrogens with one attached hydrogen (secondary N) is 1. The second-order valence-electron chi connectivity index (χ2n) is 7.25. The lowest BCUT2D eigenvalue weighted by molar-refractivity contribution is -0.0753. The van der Waals surface area contributed by atoms with Crippen LogP contribution in [0.2, 0.25) is 0 Å². The summed E-state index contributed by atoms with van der Waals surface area (Å²) in [6.07, 6.45) is -2.55.